The first-order valence-electron chi connectivity index (χ1n) is 13.2. The molecule has 9 heteroatoms. The third-order valence-electron chi connectivity index (χ3n) is 7.99. The Hall–Kier alpha value is -2.49. The molecule has 8 nitrogen and oxygen atoms in total. The van der Waals surface area contributed by atoms with E-state index in [0.29, 0.717) is 19.4 Å². The molecule has 1 aromatic rings. The maximum atomic E-state index is 14.4. The highest BCUT2D eigenvalue weighted by molar-refractivity contribution is 9.09. The Kier molecular flexibility index (Phi) is 8.79. The first-order chi connectivity index (χ1) is 18.2. The number of ether oxygens (including phenoxy) is 2. The van der Waals surface area contributed by atoms with E-state index in [4.69, 9.17) is 9.47 Å². The van der Waals surface area contributed by atoms with Gasteiger partial charge in [0.25, 0.3) is 0 Å². The highest BCUT2D eigenvalue weighted by atomic mass is 79.9. The zero-order chi connectivity index (χ0) is 27.6. The standard InChI is InChI=1S/C29H37BrN2O6/c1-5-7-14-37-28(36)22-23-26(34)32(21(17-33)18(3)4)25(29(23)15-20(30)24(22)38-29)27(35)31(13-6-2)16-19-11-9-8-10-12-19/h5-6,8-12,18,20-25,33H,1-2,7,13-17H2,3-4H3/t20?,21-,22+,23-,24+,25?,29?/m0/s1. The molecule has 38 heavy (non-hydrogen) atoms. The van der Waals surface area contributed by atoms with Gasteiger partial charge in [0, 0.05) is 17.9 Å². The van der Waals surface area contributed by atoms with Crippen molar-refractivity contribution in [1.29, 1.82) is 0 Å². The van der Waals surface area contributed by atoms with Gasteiger partial charge in [-0.15, -0.1) is 13.2 Å². The zero-order valence-corrected chi connectivity index (χ0v) is 23.6. The summed E-state index contributed by atoms with van der Waals surface area (Å²) in [5, 5.41) is 10.4. The molecule has 3 fully saturated rings. The van der Waals surface area contributed by atoms with Crippen LogP contribution in [0.5, 0.6) is 0 Å². The minimum atomic E-state index is -1.21. The van der Waals surface area contributed by atoms with Gasteiger partial charge in [0.2, 0.25) is 11.8 Å². The largest absolute Gasteiger partial charge is 0.465 e. The van der Waals surface area contributed by atoms with Gasteiger partial charge in [-0.3, -0.25) is 14.4 Å². The van der Waals surface area contributed by atoms with Gasteiger partial charge in [-0.05, 0) is 24.3 Å². The normalized spacial score (nSPS) is 30.3. The molecule has 4 rings (SSSR count). The molecule has 2 amide bonds. The average Bonchev–Trinajstić information content (AvgIpc) is 3.48. The lowest BCUT2D eigenvalue weighted by Gasteiger charge is -2.40. The number of carbonyl (C=O) groups is 3. The lowest BCUT2D eigenvalue weighted by Crippen LogP contribution is -2.59. The summed E-state index contributed by atoms with van der Waals surface area (Å²) in [6.45, 7) is 11.7. The lowest BCUT2D eigenvalue weighted by atomic mass is 9.70. The number of hydrogen-bond acceptors (Lipinski definition) is 6. The number of hydrogen-bond donors (Lipinski definition) is 1. The summed E-state index contributed by atoms with van der Waals surface area (Å²) in [6.07, 6.45) is 3.61. The lowest BCUT2D eigenvalue weighted by molar-refractivity contribution is -0.157. The van der Waals surface area contributed by atoms with Crippen LogP contribution < -0.4 is 0 Å². The van der Waals surface area contributed by atoms with E-state index >= 15 is 0 Å². The Bertz CT molecular complexity index is 1060. The predicted molar refractivity (Wildman–Crippen MR) is 146 cm³/mol. The predicted octanol–water partition coefficient (Wildman–Crippen LogP) is 3.09. The maximum absolute atomic E-state index is 14.4. The summed E-state index contributed by atoms with van der Waals surface area (Å²) >= 11 is 3.67. The average molecular weight is 590 g/mol. The van der Waals surface area contributed by atoms with Crippen molar-refractivity contribution >= 4 is 33.7 Å². The first-order valence-corrected chi connectivity index (χ1v) is 14.1. The molecule has 1 aromatic carbocycles. The summed E-state index contributed by atoms with van der Waals surface area (Å²) in [5.74, 6) is -2.99. The van der Waals surface area contributed by atoms with Crippen molar-refractivity contribution in [1.82, 2.24) is 9.80 Å². The highest BCUT2D eigenvalue weighted by Crippen LogP contribution is 2.61. The van der Waals surface area contributed by atoms with Crippen LogP contribution in [0, 0.1) is 17.8 Å². The van der Waals surface area contributed by atoms with Crippen LogP contribution in [-0.4, -0.2) is 81.1 Å². The van der Waals surface area contributed by atoms with E-state index in [1.165, 1.54) is 4.90 Å². The number of fused-ring (bicyclic) bond motifs is 1. The number of aliphatic hydroxyl groups excluding tert-OH is 1. The number of amides is 2. The van der Waals surface area contributed by atoms with Gasteiger partial charge < -0.3 is 24.4 Å². The molecule has 0 aliphatic carbocycles. The van der Waals surface area contributed by atoms with Crippen LogP contribution in [0.1, 0.15) is 32.3 Å². The van der Waals surface area contributed by atoms with Crippen LogP contribution in [0.2, 0.25) is 0 Å². The van der Waals surface area contributed by atoms with Crippen LogP contribution in [0.4, 0.5) is 0 Å². The fraction of sp³-hybridized carbons (Fsp3) is 0.552. The monoisotopic (exact) mass is 588 g/mol. The van der Waals surface area contributed by atoms with E-state index in [0.717, 1.165) is 5.56 Å². The Morgan fingerprint density at radius 2 is 2.00 bits per heavy atom. The van der Waals surface area contributed by atoms with Gasteiger partial charge in [0.05, 0.1) is 37.2 Å². The summed E-state index contributed by atoms with van der Waals surface area (Å²) < 4.78 is 12.0. The Balaban J connectivity index is 1.77. The quantitative estimate of drug-likeness (QED) is 0.174. The van der Waals surface area contributed by atoms with Crippen LogP contribution in [-0.2, 0) is 30.4 Å². The number of halogens is 1. The van der Waals surface area contributed by atoms with Crippen molar-refractivity contribution in [3.8, 4) is 0 Å². The molecule has 0 aromatic heterocycles. The summed E-state index contributed by atoms with van der Waals surface area (Å²) in [6, 6.07) is 7.99. The van der Waals surface area contributed by atoms with E-state index in [-0.39, 0.29) is 42.3 Å². The van der Waals surface area contributed by atoms with E-state index < -0.39 is 41.6 Å². The van der Waals surface area contributed by atoms with E-state index in [2.05, 4.69) is 29.1 Å². The van der Waals surface area contributed by atoms with Gasteiger partial charge in [0.1, 0.15) is 11.6 Å². The molecule has 3 aliphatic rings. The van der Waals surface area contributed by atoms with Crippen molar-refractivity contribution in [3.05, 3.63) is 61.2 Å². The van der Waals surface area contributed by atoms with E-state index in [1.807, 2.05) is 44.2 Å². The van der Waals surface area contributed by atoms with Crippen LogP contribution >= 0.6 is 15.9 Å². The fourth-order valence-electron chi connectivity index (χ4n) is 6.30. The number of nitrogens with zero attached hydrogens (tertiary/aromatic N) is 2. The molecule has 7 atom stereocenters. The molecule has 3 aliphatic heterocycles. The first kappa shape index (κ1) is 28.5. The number of rotatable bonds is 12. The second kappa shape index (κ2) is 11.7. The van der Waals surface area contributed by atoms with Gasteiger partial charge in [-0.1, -0.05) is 72.3 Å². The molecule has 206 valence electrons. The Morgan fingerprint density at radius 1 is 1.29 bits per heavy atom. The number of alkyl halides is 1. The van der Waals surface area contributed by atoms with Gasteiger partial charge in [-0.25, -0.2) is 0 Å². The Labute approximate surface area is 232 Å². The number of likely N-dealkylation sites (tertiary alicyclic amines) is 1. The number of carbonyl (C=O) groups excluding carboxylic acids is 3. The summed E-state index contributed by atoms with van der Waals surface area (Å²) in [7, 11) is 0. The van der Waals surface area contributed by atoms with E-state index in [9.17, 15) is 19.5 Å². The molecule has 1 spiro atoms. The molecule has 3 saturated heterocycles. The topological polar surface area (TPSA) is 96.4 Å². The summed E-state index contributed by atoms with van der Waals surface area (Å²) in [4.78, 5) is 44.8. The minimum absolute atomic E-state index is 0.133. The van der Waals surface area contributed by atoms with Crippen molar-refractivity contribution in [2.75, 3.05) is 19.8 Å². The minimum Gasteiger partial charge on any atom is -0.465 e. The van der Waals surface area contributed by atoms with Gasteiger partial charge >= 0.3 is 5.97 Å². The second-order valence-corrected chi connectivity index (χ2v) is 11.8. The van der Waals surface area contributed by atoms with Crippen LogP contribution in [0.15, 0.2) is 55.6 Å². The molecule has 1 N–H and O–H groups in total. The second-order valence-electron chi connectivity index (χ2n) is 10.6. The Morgan fingerprint density at radius 3 is 2.61 bits per heavy atom. The number of aliphatic hydroxyl groups is 1. The molecule has 0 radical (unpaired) electrons. The molecular weight excluding hydrogens is 552 g/mol. The SMILES string of the molecule is C=CCCOC(=O)[C@H]1[C@@H]2OC3(CC2Br)C(C(=O)N(CC=C)Cc2ccccc2)N([C@@H](CO)C(C)C)C(=O)[C@H]13. The third kappa shape index (κ3) is 4.84. The van der Waals surface area contributed by atoms with Crippen molar-refractivity contribution in [2.24, 2.45) is 17.8 Å². The van der Waals surface area contributed by atoms with Crippen molar-refractivity contribution in [3.63, 3.8) is 0 Å². The summed E-state index contributed by atoms with van der Waals surface area (Å²) in [5.41, 5.74) is -0.276. The molecule has 0 saturated carbocycles. The molecule has 3 heterocycles. The third-order valence-corrected chi connectivity index (χ3v) is 8.84. The van der Waals surface area contributed by atoms with Gasteiger partial charge in [0.15, 0.2) is 0 Å². The number of esters is 1. The molecule has 3 unspecified atom stereocenters. The van der Waals surface area contributed by atoms with Crippen LogP contribution in [0.25, 0.3) is 0 Å². The molecule has 2 bridgehead atoms. The fourth-order valence-corrected chi connectivity index (χ4v) is 7.24. The number of benzene rings is 1. The highest BCUT2D eigenvalue weighted by Gasteiger charge is 2.77. The van der Waals surface area contributed by atoms with Gasteiger partial charge in [-0.2, -0.15) is 0 Å². The van der Waals surface area contributed by atoms with Crippen LogP contribution in [0.3, 0.4) is 0 Å². The maximum Gasteiger partial charge on any atom is 0.312 e. The van der Waals surface area contributed by atoms with Crippen molar-refractivity contribution in [2.45, 2.75) is 61.8 Å². The van der Waals surface area contributed by atoms with E-state index in [1.54, 1.807) is 17.1 Å². The van der Waals surface area contributed by atoms with Crippen molar-refractivity contribution < 1.29 is 29.0 Å². The zero-order valence-electron chi connectivity index (χ0n) is 22.0. The smallest absolute Gasteiger partial charge is 0.312 e. The molecular formula is C29H37BrN2O6.